The third kappa shape index (κ3) is 3.71. The Hall–Kier alpha value is -2.27. The van der Waals surface area contributed by atoms with Crippen LogP contribution in [-0.2, 0) is 6.61 Å². The van der Waals surface area contributed by atoms with E-state index in [1.807, 2.05) is 30.3 Å². The fraction of sp³-hybridized carbons (Fsp3) is 0.450. The number of hydrogen-bond acceptors (Lipinski definition) is 4. The second-order valence-electron chi connectivity index (χ2n) is 6.84. The van der Waals surface area contributed by atoms with Gasteiger partial charge in [-0.05, 0) is 50.1 Å². The number of fused-ring (bicyclic) bond motifs is 1. The van der Waals surface area contributed by atoms with Gasteiger partial charge in [0.05, 0.1) is 0 Å². The van der Waals surface area contributed by atoms with Crippen LogP contribution in [-0.4, -0.2) is 36.0 Å². The number of amides is 1. The van der Waals surface area contributed by atoms with E-state index in [2.05, 4.69) is 10.2 Å². The van der Waals surface area contributed by atoms with Gasteiger partial charge in [0.2, 0.25) is 0 Å². The largest absolute Gasteiger partial charge is 0.486 e. The molecule has 0 saturated carbocycles. The highest BCUT2D eigenvalue weighted by Crippen LogP contribution is 2.27. The van der Waals surface area contributed by atoms with Gasteiger partial charge in [0, 0.05) is 18.6 Å². The predicted octanol–water partition coefficient (Wildman–Crippen LogP) is 3.22. The molecule has 132 valence electrons. The standard InChI is InChI=1S/C20H24N2O3/c23-20(21-17-11-13-22-12-5-4-8-18(17)22)19-10-9-16(25-19)14-24-15-6-2-1-3-7-15/h1-3,6-7,9-10,17-18H,4-5,8,11-14H2,(H,21,23). The molecule has 0 bridgehead atoms. The van der Waals surface area contributed by atoms with Gasteiger partial charge in [-0.25, -0.2) is 0 Å². The maximum Gasteiger partial charge on any atom is 0.287 e. The minimum atomic E-state index is -0.122. The molecule has 2 unspecified atom stereocenters. The number of benzene rings is 1. The first kappa shape index (κ1) is 16.2. The summed E-state index contributed by atoms with van der Waals surface area (Å²) < 4.78 is 11.3. The highest BCUT2D eigenvalue weighted by atomic mass is 16.5. The second kappa shape index (κ2) is 7.31. The molecular formula is C20H24N2O3. The topological polar surface area (TPSA) is 54.7 Å². The lowest BCUT2D eigenvalue weighted by atomic mass is 9.99. The van der Waals surface area contributed by atoms with Gasteiger partial charge in [-0.3, -0.25) is 9.69 Å². The summed E-state index contributed by atoms with van der Waals surface area (Å²) in [5, 5.41) is 3.17. The monoisotopic (exact) mass is 340 g/mol. The lowest BCUT2D eigenvalue weighted by Crippen LogP contribution is -2.46. The molecule has 2 fully saturated rings. The quantitative estimate of drug-likeness (QED) is 0.908. The number of nitrogens with one attached hydrogen (secondary N) is 1. The van der Waals surface area contributed by atoms with Gasteiger partial charge in [-0.15, -0.1) is 0 Å². The normalized spacial score (nSPS) is 23.2. The molecule has 2 atom stereocenters. The van der Waals surface area contributed by atoms with Crippen LogP contribution in [0.25, 0.3) is 0 Å². The van der Waals surface area contributed by atoms with Crippen molar-refractivity contribution in [3.05, 3.63) is 54.0 Å². The van der Waals surface area contributed by atoms with E-state index < -0.39 is 0 Å². The molecule has 1 aromatic carbocycles. The number of carbonyl (C=O) groups is 1. The van der Waals surface area contributed by atoms with Crippen LogP contribution in [0.3, 0.4) is 0 Å². The van der Waals surface area contributed by atoms with Gasteiger partial charge in [0.1, 0.15) is 18.1 Å². The first-order chi connectivity index (χ1) is 12.3. The average molecular weight is 340 g/mol. The summed E-state index contributed by atoms with van der Waals surface area (Å²) in [7, 11) is 0. The third-order valence-electron chi connectivity index (χ3n) is 5.18. The number of furan rings is 1. The summed E-state index contributed by atoms with van der Waals surface area (Å²) in [6.07, 6.45) is 4.75. The van der Waals surface area contributed by atoms with E-state index in [0.717, 1.165) is 18.7 Å². The van der Waals surface area contributed by atoms with Crippen LogP contribution in [0.1, 0.15) is 42.0 Å². The minimum absolute atomic E-state index is 0.122. The molecule has 1 N–H and O–H groups in total. The van der Waals surface area contributed by atoms with Crippen LogP contribution in [0.15, 0.2) is 46.9 Å². The zero-order chi connectivity index (χ0) is 17.1. The minimum Gasteiger partial charge on any atom is -0.486 e. The molecule has 5 heteroatoms. The molecule has 2 aliphatic rings. The Morgan fingerprint density at radius 2 is 2.00 bits per heavy atom. The van der Waals surface area contributed by atoms with Crippen molar-refractivity contribution in [2.75, 3.05) is 13.1 Å². The number of carbonyl (C=O) groups excluding carboxylic acids is 1. The van der Waals surface area contributed by atoms with E-state index in [0.29, 0.717) is 24.2 Å². The van der Waals surface area contributed by atoms with Crippen molar-refractivity contribution < 1.29 is 13.9 Å². The molecule has 0 radical (unpaired) electrons. The van der Waals surface area contributed by atoms with E-state index in [-0.39, 0.29) is 11.9 Å². The summed E-state index contributed by atoms with van der Waals surface area (Å²) in [5.74, 6) is 1.68. The van der Waals surface area contributed by atoms with E-state index in [1.54, 1.807) is 12.1 Å². The molecule has 4 rings (SSSR count). The van der Waals surface area contributed by atoms with E-state index in [4.69, 9.17) is 9.15 Å². The van der Waals surface area contributed by atoms with Gasteiger partial charge >= 0.3 is 0 Å². The van der Waals surface area contributed by atoms with Gasteiger partial charge in [-0.2, -0.15) is 0 Å². The molecule has 3 heterocycles. The Balaban J connectivity index is 1.33. The number of ether oxygens (including phenoxy) is 1. The molecule has 2 aromatic rings. The number of nitrogens with zero attached hydrogens (tertiary/aromatic N) is 1. The van der Waals surface area contributed by atoms with Gasteiger partial charge in [-0.1, -0.05) is 24.6 Å². The number of para-hydroxylation sites is 1. The van der Waals surface area contributed by atoms with Crippen molar-refractivity contribution in [3.63, 3.8) is 0 Å². The van der Waals surface area contributed by atoms with Crippen molar-refractivity contribution >= 4 is 5.91 Å². The lowest BCUT2D eigenvalue weighted by Gasteiger charge is -2.32. The van der Waals surface area contributed by atoms with Crippen LogP contribution in [0.5, 0.6) is 5.75 Å². The van der Waals surface area contributed by atoms with Crippen molar-refractivity contribution in [2.45, 2.75) is 44.4 Å². The highest BCUT2D eigenvalue weighted by molar-refractivity contribution is 5.91. The maximum atomic E-state index is 12.5. The van der Waals surface area contributed by atoms with E-state index >= 15 is 0 Å². The highest BCUT2D eigenvalue weighted by Gasteiger charge is 2.36. The van der Waals surface area contributed by atoms with Crippen molar-refractivity contribution in [3.8, 4) is 5.75 Å². The summed E-state index contributed by atoms with van der Waals surface area (Å²) >= 11 is 0. The molecule has 2 saturated heterocycles. The molecule has 25 heavy (non-hydrogen) atoms. The van der Waals surface area contributed by atoms with Gasteiger partial charge < -0.3 is 14.5 Å². The van der Waals surface area contributed by atoms with Gasteiger partial charge in [0.15, 0.2) is 5.76 Å². The Labute approximate surface area is 148 Å². The first-order valence-corrected chi connectivity index (χ1v) is 9.11. The molecule has 1 amide bonds. The zero-order valence-corrected chi connectivity index (χ0v) is 14.3. The van der Waals surface area contributed by atoms with Crippen LogP contribution < -0.4 is 10.1 Å². The molecule has 0 spiro atoms. The van der Waals surface area contributed by atoms with Gasteiger partial charge in [0.25, 0.3) is 5.91 Å². The number of hydrogen-bond donors (Lipinski definition) is 1. The molecular weight excluding hydrogens is 316 g/mol. The van der Waals surface area contributed by atoms with Crippen LogP contribution >= 0.6 is 0 Å². The summed E-state index contributed by atoms with van der Waals surface area (Å²) in [4.78, 5) is 15.0. The molecule has 5 nitrogen and oxygen atoms in total. The maximum absolute atomic E-state index is 12.5. The third-order valence-corrected chi connectivity index (χ3v) is 5.18. The van der Waals surface area contributed by atoms with E-state index in [1.165, 1.54) is 25.8 Å². The van der Waals surface area contributed by atoms with E-state index in [9.17, 15) is 4.79 Å². The summed E-state index contributed by atoms with van der Waals surface area (Å²) in [6.45, 7) is 2.57. The van der Waals surface area contributed by atoms with Crippen molar-refractivity contribution in [1.29, 1.82) is 0 Å². The fourth-order valence-electron chi connectivity index (χ4n) is 3.90. The Morgan fingerprint density at radius 3 is 2.88 bits per heavy atom. The number of piperidine rings is 1. The van der Waals surface area contributed by atoms with Crippen LogP contribution in [0.4, 0.5) is 0 Å². The SMILES string of the molecule is O=C(NC1CCN2CCCCC12)c1ccc(COc2ccccc2)o1. The average Bonchev–Trinajstić information content (AvgIpc) is 3.29. The lowest BCUT2D eigenvalue weighted by molar-refractivity contribution is 0.0883. The fourth-order valence-corrected chi connectivity index (χ4v) is 3.90. The summed E-state index contributed by atoms with van der Waals surface area (Å²) in [5.41, 5.74) is 0. The zero-order valence-electron chi connectivity index (χ0n) is 14.3. The van der Waals surface area contributed by atoms with Crippen molar-refractivity contribution in [1.82, 2.24) is 10.2 Å². The second-order valence-corrected chi connectivity index (χ2v) is 6.84. The molecule has 0 aliphatic carbocycles. The Kier molecular flexibility index (Phi) is 4.74. The van der Waals surface area contributed by atoms with Crippen molar-refractivity contribution in [2.24, 2.45) is 0 Å². The molecule has 2 aliphatic heterocycles. The summed E-state index contributed by atoms with van der Waals surface area (Å²) in [6, 6.07) is 13.8. The first-order valence-electron chi connectivity index (χ1n) is 9.11. The number of rotatable bonds is 5. The smallest absolute Gasteiger partial charge is 0.287 e. The van der Waals surface area contributed by atoms with Crippen LogP contribution in [0.2, 0.25) is 0 Å². The Morgan fingerprint density at radius 1 is 1.12 bits per heavy atom. The molecule has 1 aromatic heterocycles. The Bertz CT molecular complexity index is 713. The predicted molar refractivity (Wildman–Crippen MR) is 94.6 cm³/mol. The van der Waals surface area contributed by atoms with Crippen LogP contribution in [0, 0.1) is 0 Å².